The molecule has 0 aromatic heterocycles. The van der Waals surface area contributed by atoms with E-state index in [9.17, 15) is 14.4 Å². The van der Waals surface area contributed by atoms with Crippen molar-refractivity contribution >= 4 is 17.9 Å². The Balaban J connectivity index is 2.48. The van der Waals surface area contributed by atoms with Crippen molar-refractivity contribution in [3.8, 4) is 0 Å². The minimum Gasteiger partial charge on any atom is -0.481 e. The number of rotatable bonds is 4. The lowest BCUT2D eigenvalue weighted by Crippen LogP contribution is -2.52. The lowest BCUT2D eigenvalue weighted by Gasteiger charge is -2.31. The fraction of sp³-hybridized carbons (Fsp3) is 0.750. The Morgan fingerprint density at radius 3 is 2.68 bits per heavy atom. The van der Waals surface area contributed by atoms with Crippen LogP contribution < -0.4 is 10.6 Å². The smallest absolute Gasteiger partial charge is 0.318 e. The first-order valence-corrected chi connectivity index (χ1v) is 6.51. The van der Waals surface area contributed by atoms with Crippen LogP contribution >= 0.6 is 0 Å². The summed E-state index contributed by atoms with van der Waals surface area (Å²) in [4.78, 5) is 35.8. The topological polar surface area (TPSA) is 98.7 Å². The minimum absolute atomic E-state index is 0.198. The summed E-state index contributed by atoms with van der Waals surface area (Å²) in [7, 11) is 0. The van der Waals surface area contributed by atoms with Gasteiger partial charge in [-0.3, -0.25) is 9.59 Å². The van der Waals surface area contributed by atoms with Crippen LogP contribution in [0.3, 0.4) is 0 Å². The van der Waals surface area contributed by atoms with Crippen molar-refractivity contribution in [2.45, 2.75) is 32.7 Å². The van der Waals surface area contributed by atoms with Gasteiger partial charge < -0.3 is 20.6 Å². The predicted molar refractivity (Wildman–Crippen MR) is 68.6 cm³/mol. The SMILES string of the molecule is CCNC(=O)C(C)NC(=O)N1CCC[C@@H](C(=O)O)C1. The Morgan fingerprint density at radius 1 is 1.42 bits per heavy atom. The van der Waals surface area contributed by atoms with Crippen LogP contribution in [0.25, 0.3) is 0 Å². The minimum atomic E-state index is -0.880. The molecule has 108 valence electrons. The molecule has 0 saturated carbocycles. The van der Waals surface area contributed by atoms with Crippen molar-refractivity contribution in [2.24, 2.45) is 5.92 Å². The highest BCUT2D eigenvalue weighted by Gasteiger charge is 2.29. The molecule has 1 fully saturated rings. The molecule has 0 aliphatic carbocycles. The summed E-state index contributed by atoms with van der Waals surface area (Å²) in [5.74, 6) is -1.64. The van der Waals surface area contributed by atoms with E-state index >= 15 is 0 Å². The summed E-state index contributed by atoms with van der Waals surface area (Å²) < 4.78 is 0. The van der Waals surface area contributed by atoms with Gasteiger partial charge in [0.25, 0.3) is 0 Å². The average molecular weight is 271 g/mol. The van der Waals surface area contributed by atoms with Gasteiger partial charge in [0, 0.05) is 19.6 Å². The van der Waals surface area contributed by atoms with E-state index in [1.54, 1.807) is 13.8 Å². The molecule has 3 amide bonds. The molecule has 1 rings (SSSR count). The highest BCUT2D eigenvalue weighted by atomic mass is 16.4. The van der Waals surface area contributed by atoms with Crippen LogP contribution in [-0.2, 0) is 9.59 Å². The molecule has 0 aromatic carbocycles. The maximum Gasteiger partial charge on any atom is 0.318 e. The summed E-state index contributed by atoms with van der Waals surface area (Å²) in [5.41, 5.74) is 0. The van der Waals surface area contributed by atoms with Crippen molar-refractivity contribution in [1.82, 2.24) is 15.5 Å². The first-order chi connectivity index (χ1) is 8.95. The van der Waals surface area contributed by atoms with Gasteiger partial charge >= 0.3 is 12.0 Å². The Kier molecular flexibility index (Phi) is 5.59. The zero-order valence-electron chi connectivity index (χ0n) is 11.3. The number of piperidine rings is 1. The van der Waals surface area contributed by atoms with Gasteiger partial charge in [0.15, 0.2) is 0 Å². The average Bonchev–Trinajstić information content (AvgIpc) is 2.39. The van der Waals surface area contributed by atoms with Crippen molar-refractivity contribution < 1.29 is 19.5 Å². The summed E-state index contributed by atoms with van der Waals surface area (Å²) >= 11 is 0. The molecule has 7 nitrogen and oxygen atoms in total. The second-order valence-electron chi connectivity index (χ2n) is 4.69. The number of likely N-dealkylation sites (tertiary alicyclic amines) is 1. The van der Waals surface area contributed by atoms with E-state index in [2.05, 4.69) is 10.6 Å². The van der Waals surface area contributed by atoms with Crippen molar-refractivity contribution in [3.63, 3.8) is 0 Å². The molecule has 1 aliphatic rings. The van der Waals surface area contributed by atoms with Crippen LogP contribution in [-0.4, -0.2) is 53.6 Å². The number of likely N-dealkylation sites (N-methyl/N-ethyl adjacent to an activating group) is 1. The molecule has 1 heterocycles. The Morgan fingerprint density at radius 2 is 2.11 bits per heavy atom. The molecule has 7 heteroatoms. The highest BCUT2D eigenvalue weighted by molar-refractivity contribution is 5.86. The van der Waals surface area contributed by atoms with E-state index in [1.165, 1.54) is 4.90 Å². The summed E-state index contributed by atoms with van der Waals surface area (Å²) in [6, 6.07) is -1.01. The Hall–Kier alpha value is -1.79. The van der Waals surface area contributed by atoms with Gasteiger partial charge in [-0.25, -0.2) is 4.79 Å². The van der Waals surface area contributed by atoms with Gasteiger partial charge in [0.2, 0.25) is 5.91 Å². The van der Waals surface area contributed by atoms with E-state index in [4.69, 9.17) is 5.11 Å². The van der Waals surface area contributed by atoms with Crippen LogP contribution in [0.2, 0.25) is 0 Å². The lowest BCUT2D eigenvalue weighted by molar-refractivity contribution is -0.143. The number of nitrogens with one attached hydrogen (secondary N) is 2. The zero-order chi connectivity index (χ0) is 14.4. The van der Waals surface area contributed by atoms with Crippen LogP contribution in [0.15, 0.2) is 0 Å². The molecular formula is C12H21N3O4. The molecule has 3 N–H and O–H groups in total. The normalized spacial score (nSPS) is 20.5. The largest absolute Gasteiger partial charge is 0.481 e. The van der Waals surface area contributed by atoms with Gasteiger partial charge in [0.05, 0.1) is 5.92 Å². The fourth-order valence-corrected chi connectivity index (χ4v) is 2.03. The van der Waals surface area contributed by atoms with Crippen LogP contribution in [0.1, 0.15) is 26.7 Å². The van der Waals surface area contributed by atoms with E-state index < -0.39 is 17.9 Å². The number of carboxylic acids is 1. The van der Waals surface area contributed by atoms with E-state index in [0.717, 1.165) is 0 Å². The van der Waals surface area contributed by atoms with Gasteiger partial charge in [-0.05, 0) is 26.7 Å². The molecular weight excluding hydrogens is 250 g/mol. The van der Waals surface area contributed by atoms with Crippen LogP contribution in [0, 0.1) is 5.92 Å². The van der Waals surface area contributed by atoms with E-state index in [1.807, 2.05) is 0 Å². The second-order valence-corrected chi connectivity index (χ2v) is 4.69. The van der Waals surface area contributed by atoms with E-state index in [0.29, 0.717) is 25.9 Å². The number of carbonyl (C=O) groups excluding carboxylic acids is 2. The third-order valence-corrected chi connectivity index (χ3v) is 3.14. The summed E-state index contributed by atoms with van der Waals surface area (Å²) in [6.45, 7) is 4.63. The second kappa shape index (κ2) is 6.96. The number of aliphatic carboxylic acids is 1. The summed E-state index contributed by atoms with van der Waals surface area (Å²) in [5, 5.41) is 14.1. The summed E-state index contributed by atoms with van der Waals surface area (Å²) in [6.07, 6.45) is 1.25. The van der Waals surface area contributed by atoms with Gasteiger partial charge in [-0.2, -0.15) is 0 Å². The standard InChI is InChI=1S/C12H21N3O4/c1-3-13-10(16)8(2)14-12(19)15-6-4-5-9(7-15)11(17)18/h8-9H,3-7H2,1-2H3,(H,13,16)(H,14,19)(H,17,18)/t8?,9-/m1/s1. The molecule has 2 atom stereocenters. The molecule has 0 aromatic rings. The third-order valence-electron chi connectivity index (χ3n) is 3.14. The van der Waals surface area contributed by atoms with Crippen LogP contribution in [0.5, 0.6) is 0 Å². The molecule has 0 spiro atoms. The van der Waals surface area contributed by atoms with Gasteiger partial charge in [-0.15, -0.1) is 0 Å². The Bertz CT molecular complexity index is 359. The quantitative estimate of drug-likeness (QED) is 0.671. The first kappa shape index (κ1) is 15.3. The molecule has 1 aliphatic heterocycles. The zero-order valence-corrected chi connectivity index (χ0v) is 11.3. The van der Waals surface area contributed by atoms with E-state index in [-0.39, 0.29) is 18.5 Å². The lowest BCUT2D eigenvalue weighted by atomic mass is 9.99. The molecule has 19 heavy (non-hydrogen) atoms. The molecule has 0 bridgehead atoms. The maximum absolute atomic E-state index is 11.9. The van der Waals surface area contributed by atoms with Crippen LogP contribution in [0.4, 0.5) is 4.79 Å². The third kappa shape index (κ3) is 4.42. The number of carbonyl (C=O) groups is 3. The maximum atomic E-state index is 11.9. The van der Waals surface area contributed by atoms with Crippen molar-refractivity contribution in [3.05, 3.63) is 0 Å². The van der Waals surface area contributed by atoms with Gasteiger partial charge in [0.1, 0.15) is 6.04 Å². The van der Waals surface area contributed by atoms with Crippen molar-refractivity contribution in [2.75, 3.05) is 19.6 Å². The molecule has 1 unspecified atom stereocenters. The molecule has 1 saturated heterocycles. The number of urea groups is 1. The number of nitrogens with zero attached hydrogens (tertiary/aromatic N) is 1. The predicted octanol–water partition coefficient (Wildman–Crippen LogP) is 0.0172. The first-order valence-electron chi connectivity index (χ1n) is 6.51. The number of amides is 3. The number of hydrogen-bond donors (Lipinski definition) is 3. The Labute approximate surface area is 112 Å². The highest BCUT2D eigenvalue weighted by Crippen LogP contribution is 2.16. The number of carboxylic acid groups (broad SMARTS) is 1. The van der Waals surface area contributed by atoms with Gasteiger partial charge in [-0.1, -0.05) is 0 Å². The molecule has 0 radical (unpaired) electrons. The van der Waals surface area contributed by atoms with Crippen molar-refractivity contribution in [1.29, 1.82) is 0 Å². The fourth-order valence-electron chi connectivity index (χ4n) is 2.03. The number of hydrogen-bond acceptors (Lipinski definition) is 3. The monoisotopic (exact) mass is 271 g/mol.